The number of fused-ring (bicyclic) bond motifs is 16. The predicted molar refractivity (Wildman–Crippen MR) is 308 cm³/mol. The summed E-state index contributed by atoms with van der Waals surface area (Å²) < 4.78 is 2.59. The number of rotatable bonds is 6. The Bertz CT molecular complexity index is 4540. The molecule has 1 aromatic heterocycles. The van der Waals surface area contributed by atoms with Gasteiger partial charge >= 0.3 is 0 Å². The molecule has 0 bridgehead atoms. The molecule has 71 heavy (non-hydrogen) atoms. The Kier molecular flexibility index (Phi) is 8.99. The molecule has 0 aliphatic heterocycles. The monoisotopic (exact) mass is 920 g/mol. The van der Waals surface area contributed by atoms with Crippen LogP contribution in [0.2, 0.25) is 0 Å². The van der Waals surface area contributed by atoms with Crippen LogP contribution in [0, 0.1) is 0 Å². The van der Waals surface area contributed by atoms with E-state index >= 15 is 0 Å². The summed E-state index contributed by atoms with van der Waals surface area (Å²) in [5.41, 5.74) is 8.46. The van der Waals surface area contributed by atoms with Gasteiger partial charge in [0.1, 0.15) is 0 Å². The van der Waals surface area contributed by atoms with Crippen molar-refractivity contribution in [3.8, 4) is 0 Å². The smallest absolute Gasteiger partial charge is 0.0566 e. The Labute approximate surface area is 415 Å². The van der Waals surface area contributed by atoms with E-state index in [-0.39, 0.29) is 6.04 Å². The summed E-state index contributed by atoms with van der Waals surface area (Å²) in [5, 5.41) is 20.3. The summed E-state index contributed by atoms with van der Waals surface area (Å²) in [5.74, 6) is 0. The lowest BCUT2D eigenvalue weighted by Gasteiger charge is -2.35. The van der Waals surface area contributed by atoms with E-state index < -0.39 is 0 Å². The van der Waals surface area contributed by atoms with E-state index in [1.54, 1.807) is 0 Å². The van der Waals surface area contributed by atoms with Gasteiger partial charge in [-0.15, -0.1) is 11.3 Å². The van der Waals surface area contributed by atoms with Crippen LogP contribution in [0.5, 0.6) is 0 Å². The van der Waals surface area contributed by atoms with Crippen molar-refractivity contribution in [2.45, 2.75) is 12.5 Å². The zero-order valence-electron chi connectivity index (χ0n) is 38.8. The van der Waals surface area contributed by atoms with Gasteiger partial charge in [-0.2, -0.15) is 0 Å². The van der Waals surface area contributed by atoms with E-state index in [1.807, 2.05) is 11.3 Å². The highest BCUT2D eigenvalue weighted by Gasteiger charge is 2.25. The zero-order chi connectivity index (χ0) is 46.6. The number of thiophene rings is 1. The van der Waals surface area contributed by atoms with Crippen molar-refractivity contribution in [1.29, 1.82) is 0 Å². The fourth-order valence-corrected chi connectivity index (χ4v) is 13.1. The van der Waals surface area contributed by atoms with E-state index in [2.05, 4.69) is 259 Å². The zero-order valence-corrected chi connectivity index (χ0v) is 39.6. The van der Waals surface area contributed by atoms with Crippen LogP contribution >= 0.6 is 11.3 Å². The van der Waals surface area contributed by atoms with Crippen molar-refractivity contribution in [3.63, 3.8) is 0 Å². The molecule has 3 heteroatoms. The maximum Gasteiger partial charge on any atom is 0.0566 e. The first-order valence-corrected chi connectivity index (χ1v) is 25.5. The second-order valence-corrected chi connectivity index (χ2v) is 20.3. The molecule has 332 valence electrons. The van der Waals surface area contributed by atoms with E-state index in [0.717, 1.165) is 23.5 Å². The Hall–Kier alpha value is -8.76. The summed E-state index contributed by atoms with van der Waals surface area (Å²) >= 11 is 1.92. The molecule has 0 spiro atoms. The standard InChI is InChI=1S/C68H44N2S/c1-3-15-49-37-51(29-25-43(49)11-1)69(53-31-27-47-23-21-45-13-5-7-17-57(45)63(47)39-53)55-33-35-61-65(41-55)59-19-9-10-20-60(59)67-62-36-34-56(42-66(62)71-68(61)67)70(52-30-26-44-12-2-4-16-50(44)38-52)54-32-28-48-24-22-46-14-6-8-18-58(46)64(48)40-54/h1-36,38-42,51H,37H2. The highest BCUT2D eigenvalue weighted by atomic mass is 32.1. The summed E-state index contributed by atoms with van der Waals surface area (Å²) in [6.45, 7) is 0. The van der Waals surface area contributed by atoms with Crippen molar-refractivity contribution in [2.24, 2.45) is 0 Å². The minimum absolute atomic E-state index is 0.124. The molecule has 1 unspecified atom stereocenters. The SMILES string of the molecule is C1=CC(N(c2ccc3ccc4ccccc4c3c2)c2ccc3c(c2)c2ccccc2c2c4ccc(N(c5ccc6ccccc6c5)c5ccc6ccc7ccccc7c6c5)cc4sc32)Cc2ccccc21. The van der Waals surface area contributed by atoms with Crippen LogP contribution in [-0.2, 0) is 6.42 Å². The summed E-state index contributed by atoms with van der Waals surface area (Å²) in [6.07, 6.45) is 5.65. The summed E-state index contributed by atoms with van der Waals surface area (Å²) in [7, 11) is 0. The van der Waals surface area contributed by atoms with Gasteiger partial charge in [0.05, 0.1) is 6.04 Å². The third kappa shape index (κ3) is 6.47. The summed E-state index contributed by atoms with van der Waals surface area (Å²) in [6, 6.07) is 88.4. The number of hydrogen-bond donors (Lipinski definition) is 0. The number of anilines is 5. The minimum Gasteiger partial charge on any atom is -0.334 e. The van der Waals surface area contributed by atoms with Crippen LogP contribution in [0.3, 0.4) is 0 Å². The van der Waals surface area contributed by atoms with Crippen molar-refractivity contribution < 1.29 is 0 Å². The van der Waals surface area contributed by atoms with Crippen LogP contribution in [-0.4, -0.2) is 6.04 Å². The normalized spacial score (nSPS) is 13.7. The number of benzene rings is 13. The summed E-state index contributed by atoms with van der Waals surface area (Å²) in [4.78, 5) is 5.03. The van der Waals surface area contributed by atoms with Gasteiger partial charge in [0, 0.05) is 54.0 Å². The Balaban J connectivity index is 0.920. The van der Waals surface area contributed by atoms with Crippen LogP contribution < -0.4 is 9.80 Å². The lowest BCUT2D eigenvalue weighted by atomic mass is 9.91. The van der Waals surface area contributed by atoms with Crippen LogP contribution in [0.25, 0.3) is 102 Å². The highest BCUT2D eigenvalue weighted by molar-refractivity contribution is 7.27. The lowest BCUT2D eigenvalue weighted by molar-refractivity contribution is 0.767. The Morgan fingerprint density at radius 3 is 1.58 bits per heavy atom. The third-order valence-electron chi connectivity index (χ3n) is 15.2. The van der Waals surface area contributed by atoms with Crippen molar-refractivity contribution in [1.82, 2.24) is 0 Å². The maximum absolute atomic E-state index is 2.58. The Morgan fingerprint density at radius 1 is 0.338 bits per heavy atom. The Morgan fingerprint density at radius 2 is 0.831 bits per heavy atom. The molecule has 0 radical (unpaired) electrons. The molecule has 0 N–H and O–H groups in total. The quantitative estimate of drug-likeness (QED) is 0.153. The van der Waals surface area contributed by atoms with E-state index in [9.17, 15) is 0 Å². The predicted octanol–water partition coefficient (Wildman–Crippen LogP) is 19.4. The maximum atomic E-state index is 2.58. The second-order valence-electron chi connectivity index (χ2n) is 19.2. The molecule has 0 fully saturated rings. The van der Waals surface area contributed by atoms with Crippen molar-refractivity contribution in [3.05, 3.63) is 254 Å². The largest absolute Gasteiger partial charge is 0.334 e. The lowest BCUT2D eigenvalue weighted by Crippen LogP contribution is -2.32. The fourth-order valence-electron chi connectivity index (χ4n) is 11.9. The van der Waals surface area contributed by atoms with Gasteiger partial charge in [-0.3, -0.25) is 0 Å². The minimum atomic E-state index is 0.124. The fraction of sp³-hybridized carbons (Fsp3) is 0.0294. The number of hydrogen-bond acceptors (Lipinski definition) is 3. The molecule has 0 amide bonds. The molecule has 1 aliphatic rings. The first kappa shape index (κ1) is 40.2. The second kappa shape index (κ2) is 15.9. The topological polar surface area (TPSA) is 6.48 Å². The van der Waals surface area contributed by atoms with Gasteiger partial charge in [-0.1, -0.05) is 188 Å². The van der Waals surface area contributed by atoms with Gasteiger partial charge in [0.2, 0.25) is 0 Å². The van der Waals surface area contributed by atoms with Crippen LogP contribution in [0.4, 0.5) is 28.4 Å². The van der Waals surface area contributed by atoms with Crippen molar-refractivity contribution >= 4 is 141 Å². The molecule has 2 nitrogen and oxygen atoms in total. The average molecular weight is 921 g/mol. The highest BCUT2D eigenvalue weighted by Crippen LogP contribution is 2.48. The molecule has 0 saturated heterocycles. The van der Waals surface area contributed by atoms with Crippen LogP contribution in [0.1, 0.15) is 11.1 Å². The van der Waals surface area contributed by atoms with Gasteiger partial charge in [-0.05, 0) is 148 Å². The van der Waals surface area contributed by atoms with E-state index in [1.165, 1.54) is 118 Å². The van der Waals surface area contributed by atoms with Crippen molar-refractivity contribution in [2.75, 3.05) is 9.80 Å². The molecule has 1 heterocycles. The molecular weight excluding hydrogens is 877 g/mol. The molecule has 0 saturated carbocycles. The molecule has 13 aromatic carbocycles. The molecular formula is C68H44N2S. The number of nitrogens with zero attached hydrogens (tertiary/aromatic N) is 2. The molecule has 14 aromatic rings. The molecule has 1 aliphatic carbocycles. The van der Waals surface area contributed by atoms with Gasteiger partial charge in [0.15, 0.2) is 0 Å². The van der Waals surface area contributed by atoms with Gasteiger partial charge < -0.3 is 9.80 Å². The molecule has 1 atom stereocenters. The van der Waals surface area contributed by atoms with Gasteiger partial charge in [0.25, 0.3) is 0 Å². The average Bonchev–Trinajstić information content (AvgIpc) is 3.82. The molecule has 15 rings (SSSR count). The van der Waals surface area contributed by atoms with Gasteiger partial charge in [-0.25, -0.2) is 0 Å². The first-order valence-electron chi connectivity index (χ1n) is 24.6. The van der Waals surface area contributed by atoms with E-state index in [4.69, 9.17) is 0 Å². The first-order chi connectivity index (χ1) is 35.2. The van der Waals surface area contributed by atoms with Crippen LogP contribution in [0.15, 0.2) is 243 Å². The third-order valence-corrected chi connectivity index (χ3v) is 16.4. The van der Waals surface area contributed by atoms with E-state index in [0.29, 0.717) is 0 Å².